The van der Waals surface area contributed by atoms with Gasteiger partial charge in [0, 0.05) is 17.0 Å². The van der Waals surface area contributed by atoms with Gasteiger partial charge < -0.3 is 0 Å². The van der Waals surface area contributed by atoms with Gasteiger partial charge in [-0.3, -0.25) is 0 Å². The van der Waals surface area contributed by atoms with Gasteiger partial charge in [-0.15, -0.1) is 5.73 Å². The third-order valence-corrected chi connectivity index (χ3v) is 3.12. The van der Waals surface area contributed by atoms with E-state index in [1.807, 2.05) is 58.2 Å². The standard InChI is InChI=1S/C16H14N2.2C2H6/c1-12-7-9-13(10-8-12)16-17-11-14-5-3-2-4-6-15(14)18-16;2*1-2/h3-7,9-12H,8H2,1H3;2*1-2H3. The van der Waals surface area contributed by atoms with Gasteiger partial charge in [-0.05, 0) is 36.6 Å². The Balaban J connectivity index is 0.000000561. The predicted octanol–water partition coefficient (Wildman–Crippen LogP) is 3.79. The van der Waals surface area contributed by atoms with Crippen LogP contribution in [0.3, 0.4) is 0 Å². The first-order chi connectivity index (χ1) is 10.8. The number of fused-ring (bicyclic) bond motifs is 1. The molecule has 0 aromatic carbocycles. The lowest BCUT2D eigenvalue weighted by atomic mass is 9.98. The second kappa shape index (κ2) is 9.70. The minimum absolute atomic E-state index is 0.613. The van der Waals surface area contributed by atoms with E-state index < -0.39 is 0 Å². The summed E-state index contributed by atoms with van der Waals surface area (Å²) in [5, 5.41) is 1.99. The van der Waals surface area contributed by atoms with Gasteiger partial charge >= 0.3 is 0 Å². The lowest BCUT2D eigenvalue weighted by Gasteiger charge is -2.10. The Morgan fingerprint density at radius 2 is 1.82 bits per heavy atom. The van der Waals surface area contributed by atoms with Crippen LogP contribution in [0.5, 0.6) is 0 Å². The van der Waals surface area contributed by atoms with Crippen LogP contribution in [0.25, 0.3) is 17.7 Å². The second-order valence-corrected chi connectivity index (χ2v) is 4.60. The van der Waals surface area contributed by atoms with Crippen molar-refractivity contribution in [3.05, 3.63) is 58.7 Å². The van der Waals surface area contributed by atoms with Crippen molar-refractivity contribution in [3.8, 4) is 0 Å². The molecule has 2 heteroatoms. The molecule has 1 unspecified atom stereocenters. The van der Waals surface area contributed by atoms with Crippen LogP contribution in [0.4, 0.5) is 0 Å². The summed E-state index contributed by atoms with van der Waals surface area (Å²) in [6.45, 7) is 10.2. The van der Waals surface area contributed by atoms with E-state index in [2.05, 4.69) is 40.9 Å². The maximum atomic E-state index is 4.61. The lowest BCUT2D eigenvalue weighted by Crippen LogP contribution is -2.29. The van der Waals surface area contributed by atoms with Crippen molar-refractivity contribution in [2.75, 3.05) is 0 Å². The second-order valence-electron chi connectivity index (χ2n) is 4.60. The van der Waals surface area contributed by atoms with E-state index in [1.54, 1.807) is 0 Å². The van der Waals surface area contributed by atoms with Gasteiger partial charge in [0.05, 0.1) is 5.35 Å². The third-order valence-electron chi connectivity index (χ3n) is 3.12. The summed E-state index contributed by atoms with van der Waals surface area (Å²) >= 11 is 0. The summed E-state index contributed by atoms with van der Waals surface area (Å²) < 4.78 is 0. The normalized spacial score (nSPS) is 17.3. The fraction of sp³-hybridized carbons (Fsp3) is 0.350. The first-order valence-electron chi connectivity index (χ1n) is 8.18. The van der Waals surface area contributed by atoms with E-state index in [1.165, 1.54) is 0 Å². The molecule has 0 amide bonds. The van der Waals surface area contributed by atoms with Gasteiger partial charge in [0.15, 0.2) is 5.82 Å². The average Bonchev–Trinajstić information content (AvgIpc) is 2.84. The zero-order valence-corrected chi connectivity index (χ0v) is 14.3. The smallest absolute Gasteiger partial charge is 0.159 e. The van der Waals surface area contributed by atoms with Gasteiger partial charge in [0.1, 0.15) is 0 Å². The van der Waals surface area contributed by atoms with Crippen LogP contribution in [-0.4, -0.2) is 9.97 Å². The number of rotatable bonds is 1. The summed E-state index contributed by atoms with van der Waals surface area (Å²) in [5.41, 5.74) is 4.16. The molecular weight excluding hydrogens is 268 g/mol. The van der Waals surface area contributed by atoms with Crippen LogP contribution in [0.15, 0.2) is 42.3 Å². The first kappa shape index (κ1) is 17.9. The minimum Gasteiger partial charge on any atom is -0.236 e. The quantitative estimate of drug-likeness (QED) is 0.736. The highest BCUT2D eigenvalue weighted by Crippen LogP contribution is 2.20. The van der Waals surface area contributed by atoms with Gasteiger partial charge in [-0.1, -0.05) is 52.8 Å². The summed E-state index contributed by atoms with van der Waals surface area (Å²) in [4.78, 5) is 9.05. The van der Waals surface area contributed by atoms with Crippen molar-refractivity contribution in [3.63, 3.8) is 0 Å². The molecular formula is C20H26N2. The SMILES string of the molecule is CC.CC.CC1C=CC(c2ncc3c(n2)=CC=C=CC=3)=CC1. The summed E-state index contributed by atoms with van der Waals surface area (Å²) in [6.07, 6.45) is 17.2. The van der Waals surface area contributed by atoms with E-state index in [0.717, 1.165) is 28.4 Å². The van der Waals surface area contributed by atoms with Crippen LogP contribution < -0.4 is 10.6 Å². The van der Waals surface area contributed by atoms with Crippen molar-refractivity contribution in [2.24, 2.45) is 5.92 Å². The van der Waals surface area contributed by atoms with Crippen molar-refractivity contribution in [2.45, 2.75) is 41.0 Å². The van der Waals surface area contributed by atoms with Crippen molar-refractivity contribution >= 4 is 17.7 Å². The molecule has 0 spiro atoms. The molecule has 1 aromatic heterocycles. The number of allylic oxidation sites excluding steroid dienone is 5. The van der Waals surface area contributed by atoms with E-state index in [-0.39, 0.29) is 0 Å². The van der Waals surface area contributed by atoms with Gasteiger partial charge in [-0.2, -0.15) is 0 Å². The molecule has 0 saturated heterocycles. The Labute approximate surface area is 134 Å². The molecule has 116 valence electrons. The van der Waals surface area contributed by atoms with Crippen molar-refractivity contribution in [1.82, 2.24) is 9.97 Å². The van der Waals surface area contributed by atoms with Crippen LogP contribution in [0.2, 0.25) is 0 Å². The molecule has 2 aliphatic rings. The Hall–Kier alpha value is -2.18. The first-order valence-corrected chi connectivity index (χ1v) is 8.18. The summed E-state index contributed by atoms with van der Waals surface area (Å²) in [7, 11) is 0. The van der Waals surface area contributed by atoms with Crippen molar-refractivity contribution < 1.29 is 0 Å². The zero-order chi connectivity index (χ0) is 16.4. The minimum atomic E-state index is 0.613. The molecule has 0 bridgehead atoms. The topological polar surface area (TPSA) is 25.8 Å². The maximum Gasteiger partial charge on any atom is 0.159 e. The molecule has 0 saturated carbocycles. The molecule has 0 aliphatic heterocycles. The van der Waals surface area contributed by atoms with Gasteiger partial charge in [0.25, 0.3) is 0 Å². The molecule has 0 N–H and O–H groups in total. The summed E-state index contributed by atoms with van der Waals surface area (Å²) in [6, 6.07) is 0. The van der Waals surface area contributed by atoms with Crippen LogP contribution in [-0.2, 0) is 0 Å². The highest BCUT2D eigenvalue weighted by atomic mass is 14.9. The highest BCUT2D eigenvalue weighted by Gasteiger charge is 2.07. The predicted molar refractivity (Wildman–Crippen MR) is 96.5 cm³/mol. The largest absolute Gasteiger partial charge is 0.236 e. The molecule has 22 heavy (non-hydrogen) atoms. The highest BCUT2D eigenvalue weighted by molar-refractivity contribution is 5.70. The molecule has 1 heterocycles. The van der Waals surface area contributed by atoms with Crippen LogP contribution in [0.1, 0.15) is 46.9 Å². The molecule has 3 rings (SSSR count). The van der Waals surface area contributed by atoms with E-state index in [4.69, 9.17) is 0 Å². The van der Waals surface area contributed by atoms with Gasteiger partial charge in [-0.25, -0.2) is 9.97 Å². The number of aromatic nitrogens is 2. The maximum absolute atomic E-state index is 4.61. The lowest BCUT2D eigenvalue weighted by molar-refractivity contribution is 0.738. The molecule has 0 fully saturated rings. The van der Waals surface area contributed by atoms with Crippen molar-refractivity contribution in [1.29, 1.82) is 0 Å². The molecule has 2 nitrogen and oxygen atoms in total. The zero-order valence-electron chi connectivity index (χ0n) is 14.3. The Morgan fingerprint density at radius 1 is 1.09 bits per heavy atom. The third kappa shape index (κ3) is 4.68. The van der Waals surface area contributed by atoms with E-state index in [0.29, 0.717) is 5.92 Å². The van der Waals surface area contributed by atoms with Crippen LogP contribution in [0, 0.1) is 5.92 Å². The number of hydrogen-bond donors (Lipinski definition) is 0. The fourth-order valence-corrected chi connectivity index (χ4v) is 2.02. The van der Waals surface area contributed by atoms with E-state index >= 15 is 0 Å². The summed E-state index contributed by atoms with van der Waals surface area (Å²) in [5.74, 6) is 1.42. The Morgan fingerprint density at radius 3 is 2.50 bits per heavy atom. The Kier molecular flexibility index (Phi) is 7.88. The Bertz CT molecular complexity index is 715. The molecule has 1 atom stereocenters. The molecule has 0 radical (unpaired) electrons. The monoisotopic (exact) mass is 294 g/mol. The fourth-order valence-electron chi connectivity index (χ4n) is 2.02. The molecule has 2 aliphatic carbocycles. The van der Waals surface area contributed by atoms with E-state index in [9.17, 15) is 0 Å². The van der Waals surface area contributed by atoms with Crippen LogP contribution >= 0.6 is 0 Å². The average molecular weight is 294 g/mol. The molecule has 1 aromatic rings. The number of hydrogen-bond acceptors (Lipinski definition) is 2. The van der Waals surface area contributed by atoms with Gasteiger partial charge in [0.2, 0.25) is 0 Å². The number of nitrogens with zero attached hydrogens (tertiary/aromatic N) is 2.